The van der Waals surface area contributed by atoms with E-state index in [1.54, 1.807) is 4.90 Å². The molecule has 2 aliphatic heterocycles. The summed E-state index contributed by atoms with van der Waals surface area (Å²) in [6.07, 6.45) is 5.69. The highest BCUT2D eigenvalue weighted by atomic mass is 16.2. The molecule has 0 unspecified atom stereocenters. The third kappa shape index (κ3) is 4.29. The molecule has 0 radical (unpaired) electrons. The quantitative estimate of drug-likeness (QED) is 0.786. The van der Waals surface area contributed by atoms with Crippen molar-refractivity contribution in [3.63, 3.8) is 0 Å². The molecule has 1 saturated carbocycles. The Kier molecular flexibility index (Phi) is 5.55. The van der Waals surface area contributed by atoms with Crippen molar-refractivity contribution in [1.29, 1.82) is 0 Å². The Hall–Kier alpha value is -2.12. The van der Waals surface area contributed by atoms with Gasteiger partial charge in [0, 0.05) is 45.1 Å². The summed E-state index contributed by atoms with van der Waals surface area (Å²) in [5.74, 6) is -0.0379. The van der Waals surface area contributed by atoms with Crippen LogP contribution in [0.5, 0.6) is 0 Å². The van der Waals surface area contributed by atoms with Crippen molar-refractivity contribution in [3.05, 3.63) is 0 Å². The average Bonchev–Trinajstić information content (AvgIpc) is 2.64. The summed E-state index contributed by atoms with van der Waals surface area (Å²) in [6, 6.07) is -0.504. The van der Waals surface area contributed by atoms with Crippen LogP contribution in [0.25, 0.3) is 0 Å². The maximum Gasteiger partial charge on any atom is 0.324 e. The van der Waals surface area contributed by atoms with Crippen LogP contribution >= 0.6 is 0 Å². The fourth-order valence-electron chi connectivity index (χ4n) is 3.80. The zero-order valence-corrected chi connectivity index (χ0v) is 14.5. The fourth-order valence-corrected chi connectivity index (χ4v) is 3.80. The molecule has 0 spiro atoms. The first-order valence-electron chi connectivity index (χ1n) is 9.20. The Morgan fingerprint density at radius 2 is 1.56 bits per heavy atom. The number of hydrogen-bond acceptors (Lipinski definition) is 4. The van der Waals surface area contributed by atoms with Gasteiger partial charge in [0.25, 0.3) is 0 Å². The second-order valence-corrected chi connectivity index (χ2v) is 7.07. The largest absolute Gasteiger partial charge is 0.339 e. The number of amides is 5. The summed E-state index contributed by atoms with van der Waals surface area (Å²) in [4.78, 5) is 52.7. The van der Waals surface area contributed by atoms with Gasteiger partial charge in [0.15, 0.2) is 0 Å². The van der Waals surface area contributed by atoms with Gasteiger partial charge in [-0.1, -0.05) is 19.3 Å². The van der Waals surface area contributed by atoms with E-state index in [2.05, 4.69) is 5.32 Å². The number of piperazine rings is 1. The van der Waals surface area contributed by atoms with E-state index < -0.39 is 6.03 Å². The van der Waals surface area contributed by atoms with Crippen LogP contribution in [0.3, 0.4) is 0 Å². The van der Waals surface area contributed by atoms with E-state index in [9.17, 15) is 19.2 Å². The van der Waals surface area contributed by atoms with Crippen molar-refractivity contribution in [3.8, 4) is 0 Å². The van der Waals surface area contributed by atoms with Gasteiger partial charge in [-0.2, -0.15) is 0 Å². The minimum Gasteiger partial charge on any atom is -0.339 e. The van der Waals surface area contributed by atoms with Gasteiger partial charge in [0.1, 0.15) is 6.54 Å². The summed E-state index contributed by atoms with van der Waals surface area (Å²) in [5, 5.41) is 2.22. The minimum absolute atomic E-state index is 0.0182. The lowest BCUT2D eigenvalue weighted by Crippen LogP contribution is -2.56. The third-order valence-corrected chi connectivity index (χ3v) is 5.37. The van der Waals surface area contributed by atoms with Gasteiger partial charge >= 0.3 is 6.03 Å². The van der Waals surface area contributed by atoms with Gasteiger partial charge in [-0.05, 0) is 12.8 Å². The van der Waals surface area contributed by atoms with Gasteiger partial charge in [-0.25, -0.2) is 4.79 Å². The summed E-state index contributed by atoms with van der Waals surface area (Å²) >= 11 is 0. The molecule has 0 atom stereocenters. The third-order valence-electron chi connectivity index (χ3n) is 5.37. The van der Waals surface area contributed by atoms with Crippen LogP contribution in [0.1, 0.15) is 38.5 Å². The number of urea groups is 1. The highest BCUT2D eigenvalue weighted by Crippen LogP contribution is 2.25. The van der Waals surface area contributed by atoms with Crippen LogP contribution in [-0.4, -0.2) is 77.7 Å². The van der Waals surface area contributed by atoms with Crippen molar-refractivity contribution in [2.75, 3.05) is 39.3 Å². The summed E-state index contributed by atoms with van der Waals surface area (Å²) in [7, 11) is 0. The molecule has 25 heavy (non-hydrogen) atoms. The lowest BCUT2D eigenvalue weighted by atomic mass is 9.88. The van der Waals surface area contributed by atoms with E-state index in [1.165, 1.54) is 11.3 Å². The Morgan fingerprint density at radius 1 is 0.920 bits per heavy atom. The molecule has 3 rings (SSSR count). The van der Waals surface area contributed by atoms with Crippen LogP contribution in [0.2, 0.25) is 0 Å². The standard InChI is InChI=1S/C17H26N4O4/c22-14-6-7-21(17(25)18-14)12-15(23)19-8-10-20(11-9-19)16(24)13-4-2-1-3-5-13/h13H,1-12H2,(H,18,22,25). The summed E-state index contributed by atoms with van der Waals surface area (Å²) < 4.78 is 0. The Balaban J connectivity index is 1.45. The molecular formula is C17H26N4O4. The summed E-state index contributed by atoms with van der Waals surface area (Å²) in [6.45, 7) is 2.39. The van der Waals surface area contributed by atoms with Crippen LogP contribution in [0.4, 0.5) is 4.79 Å². The molecule has 3 aliphatic rings. The Morgan fingerprint density at radius 3 is 2.20 bits per heavy atom. The Bertz CT molecular complexity index is 551. The molecule has 8 heteroatoms. The highest BCUT2D eigenvalue weighted by molar-refractivity contribution is 5.98. The second-order valence-electron chi connectivity index (χ2n) is 7.07. The molecule has 8 nitrogen and oxygen atoms in total. The van der Waals surface area contributed by atoms with Gasteiger partial charge < -0.3 is 14.7 Å². The zero-order valence-electron chi connectivity index (χ0n) is 14.5. The number of carbonyl (C=O) groups is 4. The number of rotatable bonds is 3. The molecule has 2 saturated heterocycles. The molecule has 1 N–H and O–H groups in total. The van der Waals surface area contributed by atoms with Crippen molar-refractivity contribution in [2.45, 2.75) is 38.5 Å². The van der Waals surface area contributed by atoms with Gasteiger partial charge in [-0.3, -0.25) is 19.7 Å². The predicted molar refractivity (Wildman–Crippen MR) is 89.5 cm³/mol. The van der Waals surface area contributed by atoms with Crippen molar-refractivity contribution < 1.29 is 19.2 Å². The van der Waals surface area contributed by atoms with E-state index in [0.29, 0.717) is 26.2 Å². The van der Waals surface area contributed by atoms with Crippen LogP contribution in [0, 0.1) is 5.92 Å². The topological polar surface area (TPSA) is 90.0 Å². The fraction of sp³-hybridized carbons (Fsp3) is 0.765. The van der Waals surface area contributed by atoms with Crippen LogP contribution < -0.4 is 5.32 Å². The van der Waals surface area contributed by atoms with Gasteiger partial charge in [0.05, 0.1) is 0 Å². The minimum atomic E-state index is -0.504. The zero-order chi connectivity index (χ0) is 17.8. The second kappa shape index (κ2) is 7.84. The van der Waals surface area contributed by atoms with E-state index >= 15 is 0 Å². The van der Waals surface area contributed by atoms with E-state index in [0.717, 1.165) is 25.7 Å². The SMILES string of the molecule is O=C1CCN(CC(=O)N2CCN(C(=O)C3CCCCC3)CC2)C(=O)N1. The van der Waals surface area contributed by atoms with E-state index in [-0.39, 0.29) is 43.1 Å². The number of nitrogens with zero attached hydrogens (tertiary/aromatic N) is 3. The van der Waals surface area contributed by atoms with Crippen molar-refractivity contribution >= 4 is 23.8 Å². The first kappa shape index (κ1) is 17.7. The van der Waals surface area contributed by atoms with E-state index in [1.807, 2.05) is 4.90 Å². The normalized spacial score (nSPS) is 22.8. The first-order valence-corrected chi connectivity index (χ1v) is 9.20. The maximum absolute atomic E-state index is 12.5. The number of carbonyl (C=O) groups excluding carboxylic acids is 4. The molecule has 0 aromatic rings. The lowest BCUT2D eigenvalue weighted by molar-refractivity contribution is -0.143. The molecule has 138 valence electrons. The predicted octanol–water partition coefficient (Wildman–Crippen LogP) is 0.179. The lowest BCUT2D eigenvalue weighted by Gasteiger charge is -2.38. The molecule has 3 fully saturated rings. The molecule has 5 amide bonds. The molecule has 0 aromatic carbocycles. The molecule has 0 bridgehead atoms. The van der Waals surface area contributed by atoms with E-state index in [4.69, 9.17) is 0 Å². The Labute approximate surface area is 147 Å². The van der Waals surface area contributed by atoms with Gasteiger partial charge in [-0.15, -0.1) is 0 Å². The average molecular weight is 350 g/mol. The highest BCUT2D eigenvalue weighted by Gasteiger charge is 2.31. The van der Waals surface area contributed by atoms with Gasteiger partial charge in [0.2, 0.25) is 17.7 Å². The first-order chi connectivity index (χ1) is 12.0. The number of hydrogen-bond donors (Lipinski definition) is 1. The van der Waals surface area contributed by atoms with Crippen molar-refractivity contribution in [1.82, 2.24) is 20.0 Å². The number of nitrogens with one attached hydrogen (secondary N) is 1. The smallest absolute Gasteiger partial charge is 0.324 e. The number of imide groups is 1. The van der Waals surface area contributed by atoms with Crippen LogP contribution in [0.15, 0.2) is 0 Å². The van der Waals surface area contributed by atoms with Crippen LogP contribution in [-0.2, 0) is 14.4 Å². The molecule has 2 heterocycles. The molecule has 0 aromatic heterocycles. The maximum atomic E-state index is 12.5. The van der Waals surface area contributed by atoms with Crippen molar-refractivity contribution in [2.24, 2.45) is 5.92 Å². The molecule has 1 aliphatic carbocycles. The monoisotopic (exact) mass is 350 g/mol. The molecular weight excluding hydrogens is 324 g/mol. The summed E-state index contributed by atoms with van der Waals surface area (Å²) in [5.41, 5.74) is 0.